The topological polar surface area (TPSA) is 146 Å². The SMILES string of the molecule is CC(NC(=O)[C@@H]1C[C@@H](O)CN1C(=O)C(c1cc(N2CC(CC3CCN(C(=O)OC(C)(C)C)CC3)C2)no1)C(C)C)c1ccc(-c2ccnn2C)cc1. The summed E-state index contributed by atoms with van der Waals surface area (Å²) >= 11 is 0. The van der Waals surface area contributed by atoms with Crippen LogP contribution in [0.15, 0.2) is 47.1 Å². The van der Waals surface area contributed by atoms with Crippen molar-refractivity contribution in [2.75, 3.05) is 37.6 Å². The Morgan fingerprint density at radius 2 is 1.71 bits per heavy atom. The average Bonchev–Trinajstić information content (AvgIpc) is 3.82. The zero-order valence-corrected chi connectivity index (χ0v) is 31.6. The van der Waals surface area contributed by atoms with E-state index in [1.54, 1.807) is 6.20 Å². The van der Waals surface area contributed by atoms with Gasteiger partial charge in [0.25, 0.3) is 0 Å². The van der Waals surface area contributed by atoms with Crippen LogP contribution in [0, 0.1) is 17.8 Å². The van der Waals surface area contributed by atoms with Crippen LogP contribution in [-0.4, -0.2) is 98.2 Å². The van der Waals surface area contributed by atoms with Crippen LogP contribution in [0.3, 0.4) is 0 Å². The minimum atomic E-state index is -0.797. The molecule has 3 amide bonds. The number of benzene rings is 1. The molecule has 2 N–H and O–H groups in total. The quantitative estimate of drug-likeness (QED) is 0.292. The highest BCUT2D eigenvalue weighted by molar-refractivity contribution is 5.91. The molecule has 3 aliphatic rings. The lowest BCUT2D eigenvalue weighted by Gasteiger charge is -2.42. The number of rotatable bonds is 10. The molecule has 4 atom stereocenters. The van der Waals surface area contributed by atoms with Crippen molar-refractivity contribution < 1.29 is 28.8 Å². The van der Waals surface area contributed by atoms with E-state index in [-0.39, 0.29) is 42.8 Å². The van der Waals surface area contributed by atoms with E-state index in [1.807, 2.05) is 94.6 Å². The van der Waals surface area contributed by atoms with Gasteiger partial charge in [0.1, 0.15) is 17.6 Å². The van der Waals surface area contributed by atoms with E-state index < -0.39 is 23.7 Å². The van der Waals surface area contributed by atoms with Crippen LogP contribution in [0.1, 0.15) is 90.5 Å². The van der Waals surface area contributed by atoms with Crippen molar-refractivity contribution in [2.24, 2.45) is 24.8 Å². The first-order valence-electron chi connectivity index (χ1n) is 18.7. The number of ether oxygens (including phenoxy) is 1. The number of amides is 3. The zero-order chi connectivity index (χ0) is 37.3. The van der Waals surface area contributed by atoms with Gasteiger partial charge in [-0.1, -0.05) is 43.3 Å². The van der Waals surface area contributed by atoms with Gasteiger partial charge >= 0.3 is 6.09 Å². The van der Waals surface area contributed by atoms with Gasteiger partial charge < -0.3 is 34.4 Å². The number of likely N-dealkylation sites (tertiary alicyclic amines) is 2. The highest BCUT2D eigenvalue weighted by Gasteiger charge is 2.44. The summed E-state index contributed by atoms with van der Waals surface area (Å²) in [6.07, 6.45) is 3.96. The first-order chi connectivity index (χ1) is 24.7. The molecule has 13 nitrogen and oxygen atoms in total. The van der Waals surface area contributed by atoms with Gasteiger partial charge in [0, 0.05) is 58.5 Å². The molecule has 282 valence electrons. The first kappa shape index (κ1) is 37.4. The molecule has 0 radical (unpaired) electrons. The van der Waals surface area contributed by atoms with Gasteiger partial charge in [-0.15, -0.1) is 0 Å². The van der Waals surface area contributed by atoms with Gasteiger partial charge in [-0.2, -0.15) is 5.10 Å². The zero-order valence-electron chi connectivity index (χ0n) is 31.6. The normalized spacial score (nSPS) is 21.3. The summed E-state index contributed by atoms with van der Waals surface area (Å²) < 4.78 is 13.2. The highest BCUT2D eigenvalue weighted by atomic mass is 16.6. The predicted octanol–water partition coefficient (Wildman–Crippen LogP) is 5.13. The lowest BCUT2D eigenvalue weighted by atomic mass is 9.83. The molecule has 3 fully saturated rings. The van der Waals surface area contributed by atoms with Gasteiger partial charge in [-0.25, -0.2) is 4.79 Å². The fourth-order valence-electron chi connectivity index (χ4n) is 7.84. The summed E-state index contributed by atoms with van der Waals surface area (Å²) in [5.41, 5.74) is 2.46. The number of anilines is 1. The maximum absolute atomic E-state index is 14.1. The standard InChI is InChI=1S/C39H55N7O6/c1-24(2)35(33-20-34(42-52-33)45-21-27(22-45)18-26-13-16-44(17-14-26)38(50)51-39(4,5)6)37(49)46-23-30(47)19-32(46)36(48)41-25(3)28-8-10-29(11-9-28)31-12-15-40-43(31)7/h8-12,15,20,24-27,30,32,35,47H,13-14,16-19,21-23H2,1-7H3,(H,41,48)/t25?,30-,32+,35?/m1/s1. The minimum Gasteiger partial charge on any atom is -0.444 e. The predicted molar refractivity (Wildman–Crippen MR) is 196 cm³/mol. The maximum atomic E-state index is 14.1. The van der Waals surface area contributed by atoms with Crippen molar-refractivity contribution in [1.29, 1.82) is 0 Å². The molecule has 2 unspecified atom stereocenters. The van der Waals surface area contributed by atoms with Crippen molar-refractivity contribution in [3.05, 3.63) is 53.9 Å². The molecule has 3 saturated heterocycles. The number of hydrogen-bond donors (Lipinski definition) is 2. The molecule has 13 heteroatoms. The molecule has 3 aliphatic heterocycles. The third-order valence-corrected chi connectivity index (χ3v) is 10.7. The molecular formula is C39H55N7O6. The molecule has 0 saturated carbocycles. The van der Waals surface area contributed by atoms with E-state index in [0.717, 1.165) is 62.3 Å². The van der Waals surface area contributed by atoms with E-state index in [2.05, 4.69) is 20.5 Å². The number of β-amino-alcohol motifs (C(OH)–C–C–N with tert-alkyl or cyclic N) is 1. The average molecular weight is 718 g/mol. The van der Waals surface area contributed by atoms with Gasteiger partial charge in [-0.05, 0) is 81.9 Å². The molecule has 0 spiro atoms. The fraction of sp³-hybridized carbons (Fsp3) is 0.615. The number of hydrogen-bond acceptors (Lipinski definition) is 9. The van der Waals surface area contributed by atoms with Crippen molar-refractivity contribution in [3.8, 4) is 11.3 Å². The lowest BCUT2D eigenvalue weighted by Crippen LogP contribution is -2.49. The van der Waals surface area contributed by atoms with Crippen LogP contribution in [0.2, 0.25) is 0 Å². The number of aliphatic hydroxyl groups excluding tert-OH is 1. The number of carbonyl (C=O) groups excluding carboxylic acids is 3. The molecular weight excluding hydrogens is 662 g/mol. The van der Waals surface area contributed by atoms with E-state index in [0.29, 0.717) is 23.4 Å². The highest BCUT2D eigenvalue weighted by Crippen LogP contribution is 2.36. The largest absolute Gasteiger partial charge is 0.444 e. The summed E-state index contributed by atoms with van der Waals surface area (Å²) in [5.74, 6) is 0.973. The summed E-state index contributed by atoms with van der Waals surface area (Å²) in [6.45, 7) is 14.8. The van der Waals surface area contributed by atoms with Crippen molar-refractivity contribution in [1.82, 2.24) is 30.1 Å². The second-order valence-corrected chi connectivity index (χ2v) is 16.3. The maximum Gasteiger partial charge on any atom is 0.410 e. The van der Waals surface area contributed by atoms with E-state index in [4.69, 9.17) is 9.26 Å². The van der Waals surface area contributed by atoms with Crippen LogP contribution in [0.5, 0.6) is 0 Å². The Morgan fingerprint density at radius 3 is 2.33 bits per heavy atom. The second kappa shape index (κ2) is 15.3. The summed E-state index contributed by atoms with van der Waals surface area (Å²) in [5, 5.41) is 22.3. The van der Waals surface area contributed by atoms with Crippen molar-refractivity contribution in [3.63, 3.8) is 0 Å². The molecule has 6 rings (SSSR count). The Labute approximate surface area is 306 Å². The van der Waals surface area contributed by atoms with Crippen LogP contribution in [0.4, 0.5) is 10.6 Å². The third-order valence-electron chi connectivity index (χ3n) is 10.7. The van der Waals surface area contributed by atoms with Crippen LogP contribution in [-0.2, 0) is 21.4 Å². The minimum absolute atomic E-state index is 0.0828. The van der Waals surface area contributed by atoms with E-state index in [1.165, 1.54) is 4.90 Å². The van der Waals surface area contributed by atoms with Gasteiger partial charge in [0.15, 0.2) is 11.6 Å². The monoisotopic (exact) mass is 717 g/mol. The van der Waals surface area contributed by atoms with E-state index >= 15 is 0 Å². The van der Waals surface area contributed by atoms with Gasteiger partial charge in [-0.3, -0.25) is 14.3 Å². The Kier molecular flexibility index (Phi) is 11.0. The number of carbonyl (C=O) groups is 3. The van der Waals surface area contributed by atoms with Crippen LogP contribution >= 0.6 is 0 Å². The number of aromatic nitrogens is 3. The van der Waals surface area contributed by atoms with E-state index in [9.17, 15) is 19.5 Å². The molecule has 2 aromatic heterocycles. The molecule has 1 aromatic carbocycles. The van der Waals surface area contributed by atoms with Crippen LogP contribution in [0.25, 0.3) is 11.3 Å². The fourth-order valence-corrected chi connectivity index (χ4v) is 7.84. The Morgan fingerprint density at radius 1 is 1.02 bits per heavy atom. The molecule has 0 bridgehead atoms. The van der Waals surface area contributed by atoms with Gasteiger partial charge in [0.05, 0.1) is 17.8 Å². The Balaban J connectivity index is 1.02. The first-order valence-corrected chi connectivity index (χ1v) is 18.7. The van der Waals surface area contributed by atoms with Crippen molar-refractivity contribution in [2.45, 2.75) is 96.9 Å². The third kappa shape index (κ3) is 8.46. The smallest absolute Gasteiger partial charge is 0.410 e. The lowest BCUT2D eigenvalue weighted by molar-refractivity contribution is -0.141. The summed E-state index contributed by atoms with van der Waals surface area (Å²) in [4.78, 5) is 45.7. The van der Waals surface area contributed by atoms with Gasteiger partial charge in [0.2, 0.25) is 11.8 Å². The number of nitrogens with one attached hydrogen (secondary N) is 1. The number of nitrogens with zero attached hydrogens (tertiary/aromatic N) is 6. The second-order valence-electron chi connectivity index (χ2n) is 16.3. The van der Waals surface area contributed by atoms with Crippen molar-refractivity contribution >= 4 is 23.7 Å². The number of piperidine rings is 1. The Hall–Kier alpha value is -4.39. The van der Waals surface area contributed by atoms with Crippen LogP contribution < -0.4 is 10.2 Å². The molecule has 0 aliphatic carbocycles. The summed E-state index contributed by atoms with van der Waals surface area (Å²) in [6, 6.07) is 10.7. The number of aliphatic hydroxyl groups is 1. The Bertz CT molecular complexity index is 1700. The molecule has 3 aromatic rings. The molecule has 5 heterocycles. The summed E-state index contributed by atoms with van der Waals surface area (Å²) in [7, 11) is 1.89. The molecule has 52 heavy (non-hydrogen) atoms. The number of aryl methyl sites for hydroxylation is 1.